The smallest absolute Gasteiger partial charge is 0.311 e. The summed E-state index contributed by atoms with van der Waals surface area (Å²) in [5.74, 6) is -0.859. The van der Waals surface area contributed by atoms with E-state index in [9.17, 15) is 17.6 Å². The summed E-state index contributed by atoms with van der Waals surface area (Å²) in [6.07, 6.45) is -4.53. The molecule has 0 saturated carbocycles. The van der Waals surface area contributed by atoms with E-state index in [0.717, 1.165) is 12.6 Å². The van der Waals surface area contributed by atoms with E-state index in [0.29, 0.717) is 12.6 Å². The lowest BCUT2D eigenvalue weighted by molar-refractivity contribution is -0.138. The lowest BCUT2D eigenvalue weighted by Crippen LogP contribution is -2.53. The van der Waals surface area contributed by atoms with Crippen LogP contribution in [0.4, 0.5) is 17.6 Å². The third kappa shape index (κ3) is 4.56. The predicted octanol–water partition coefficient (Wildman–Crippen LogP) is 3.45. The van der Waals surface area contributed by atoms with Gasteiger partial charge >= 0.3 is 6.18 Å². The van der Waals surface area contributed by atoms with E-state index in [1.165, 1.54) is 6.07 Å². The topological polar surface area (TPSA) is 15.3 Å². The highest BCUT2D eigenvalue weighted by Crippen LogP contribution is 2.33. The number of alkyl halides is 3. The van der Waals surface area contributed by atoms with Gasteiger partial charge in [-0.1, -0.05) is 6.07 Å². The van der Waals surface area contributed by atoms with Gasteiger partial charge < -0.3 is 5.32 Å². The number of hydrogen-bond donors (Lipinski definition) is 1. The SMILES string of the molecule is CC1CN(Cc2ccc(F)cc2C(F)(F)F)C(C)CN1.Cl. The van der Waals surface area contributed by atoms with Gasteiger partial charge in [0.25, 0.3) is 0 Å². The molecule has 1 aromatic rings. The molecule has 0 spiro atoms. The van der Waals surface area contributed by atoms with Gasteiger partial charge in [0.15, 0.2) is 0 Å². The minimum Gasteiger partial charge on any atom is -0.311 e. The third-order valence-electron chi connectivity index (χ3n) is 3.64. The normalized spacial score (nSPS) is 23.7. The van der Waals surface area contributed by atoms with Crippen LogP contribution < -0.4 is 5.32 Å². The van der Waals surface area contributed by atoms with E-state index in [-0.39, 0.29) is 36.6 Å². The summed E-state index contributed by atoms with van der Waals surface area (Å²) >= 11 is 0. The highest BCUT2D eigenvalue weighted by molar-refractivity contribution is 5.85. The second-order valence-corrected chi connectivity index (χ2v) is 5.39. The molecule has 2 rings (SSSR count). The van der Waals surface area contributed by atoms with E-state index in [2.05, 4.69) is 5.32 Å². The Bertz CT molecular complexity index is 479. The van der Waals surface area contributed by atoms with E-state index >= 15 is 0 Å². The summed E-state index contributed by atoms with van der Waals surface area (Å²) in [5.41, 5.74) is -0.754. The van der Waals surface area contributed by atoms with Crippen molar-refractivity contribution in [1.82, 2.24) is 10.2 Å². The Labute approximate surface area is 127 Å². The van der Waals surface area contributed by atoms with Crippen molar-refractivity contribution in [1.29, 1.82) is 0 Å². The fourth-order valence-electron chi connectivity index (χ4n) is 2.49. The molecule has 1 fully saturated rings. The zero-order chi connectivity index (χ0) is 14.9. The molecule has 1 aliphatic heterocycles. The Morgan fingerprint density at radius 3 is 2.57 bits per heavy atom. The summed E-state index contributed by atoms with van der Waals surface area (Å²) in [7, 11) is 0. The first kappa shape index (κ1) is 18.2. The van der Waals surface area contributed by atoms with Gasteiger partial charge in [0.2, 0.25) is 0 Å². The van der Waals surface area contributed by atoms with Crippen LogP contribution in [-0.2, 0) is 12.7 Å². The molecule has 7 heteroatoms. The molecule has 0 amide bonds. The quantitative estimate of drug-likeness (QED) is 0.837. The summed E-state index contributed by atoms with van der Waals surface area (Å²) in [5, 5.41) is 3.28. The summed E-state index contributed by atoms with van der Waals surface area (Å²) < 4.78 is 51.9. The maximum atomic E-state index is 13.1. The molecule has 120 valence electrons. The summed E-state index contributed by atoms with van der Waals surface area (Å²) in [4.78, 5) is 1.99. The van der Waals surface area contributed by atoms with Crippen molar-refractivity contribution in [3.63, 3.8) is 0 Å². The number of nitrogens with one attached hydrogen (secondary N) is 1. The van der Waals surface area contributed by atoms with Crippen LogP contribution in [0.1, 0.15) is 25.0 Å². The van der Waals surface area contributed by atoms with Gasteiger partial charge in [0.1, 0.15) is 5.82 Å². The first-order chi connectivity index (χ1) is 9.27. The minimum atomic E-state index is -4.53. The van der Waals surface area contributed by atoms with Crippen molar-refractivity contribution < 1.29 is 17.6 Å². The third-order valence-corrected chi connectivity index (χ3v) is 3.64. The number of hydrogen-bond acceptors (Lipinski definition) is 2. The molecule has 0 radical (unpaired) electrons. The van der Waals surface area contributed by atoms with Crippen LogP contribution in [-0.4, -0.2) is 30.1 Å². The summed E-state index contributed by atoms with van der Waals surface area (Å²) in [6, 6.07) is 3.28. The largest absolute Gasteiger partial charge is 0.416 e. The van der Waals surface area contributed by atoms with E-state index in [4.69, 9.17) is 0 Å². The highest BCUT2D eigenvalue weighted by atomic mass is 35.5. The van der Waals surface area contributed by atoms with Gasteiger partial charge in [-0.25, -0.2) is 4.39 Å². The van der Waals surface area contributed by atoms with E-state index < -0.39 is 17.6 Å². The summed E-state index contributed by atoms with van der Waals surface area (Å²) in [6.45, 7) is 5.56. The number of benzene rings is 1. The van der Waals surface area contributed by atoms with Gasteiger partial charge in [-0.15, -0.1) is 12.4 Å². The molecule has 1 heterocycles. The molecule has 2 unspecified atom stereocenters. The first-order valence-corrected chi connectivity index (χ1v) is 6.60. The van der Waals surface area contributed by atoms with Gasteiger partial charge in [-0.05, 0) is 31.5 Å². The van der Waals surface area contributed by atoms with Crippen molar-refractivity contribution in [2.24, 2.45) is 0 Å². The molecule has 0 aliphatic carbocycles. The Kier molecular flexibility index (Phi) is 6.01. The molecule has 2 atom stereocenters. The monoisotopic (exact) mass is 326 g/mol. The maximum Gasteiger partial charge on any atom is 0.416 e. The Morgan fingerprint density at radius 2 is 1.95 bits per heavy atom. The number of halogens is 5. The second-order valence-electron chi connectivity index (χ2n) is 5.39. The van der Waals surface area contributed by atoms with Gasteiger partial charge in [-0.3, -0.25) is 4.90 Å². The molecular weight excluding hydrogens is 308 g/mol. The van der Waals surface area contributed by atoms with Crippen LogP contribution >= 0.6 is 12.4 Å². The lowest BCUT2D eigenvalue weighted by atomic mass is 10.0. The van der Waals surface area contributed by atoms with Crippen LogP contribution in [0.15, 0.2) is 18.2 Å². The molecule has 0 bridgehead atoms. The van der Waals surface area contributed by atoms with Crippen molar-refractivity contribution in [2.75, 3.05) is 13.1 Å². The van der Waals surface area contributed by atoms with Crippen molar-refractivity contribution in [3.8, 4) is 0 Å². The number of rotatable bonds is 2. The molecule has 21 heavy (non-hydrogen) atoms. The Hall–Kier alpha value is -0.850. The Morgan fingerprint density at radius 1 is 1.29 bits per heavy atom. The molecular formula is C14H19ClF4N2. The second kappa shape index (κ2) is 6.94. The van der Waals surface area contributed by atoms with Gasteiger partial charge in [0, 0.05) is 31.7 Å². The highest BCUT2D eigenvalue weighted by Gasteiger charge is 2.34. The maximum absolute atomic E-state index is 13.1. The van der Waals surface area contributed by atoms with Crippen LogP contribution in [0, 0.1) is 5.82 Å². The van der Waals surface area contributed by atoms with Crippen LogP contribution in [0.2, 0.25) is 0 Å². The molecule has 2 nitrogen and oxygen atoms in total. The van der Waals surface area contributed by atoms with E-state index in [1.807, 2.05) is 18.7 Å². The van der Waals surface area contributed by atoms with Gasteiger partial charge in [-0.2, -0.15) is 13.2 Å². The van der Waals surface area contributed by atoms with Crippen molar-refractivity contribution in [2.45, 2.75) is 38.7 Å². The standard InChI is InChI=1S/C14H18F4N2.ClH/c1-9-7-20(10(2)6-19-9)8-11-3-4-12(15)5-13(11)14(16,17)18;/h3-5,9-10,19H,6-8H2,1-2H3;1H. The average Bonchev–Trinajstić information content (AvgIpc) is 2.34. The number of piperazine rings is 1. The van der Waals surface area contributed by atoms with E-state index in [1.54, 1.807) is 0 Å². The lowest BCUT2D eigenvalue weighted by Gasteiger charge is -2.38. The van der Waals surface area contributed by atoms with Crippen LogP contribution in [0.3, 0.4) is 0 Å². The zero-order valence-electron chi connectivity index (χ0n) is 11.9. The zero-order valence-corrected chi connectivity index (χ0v) is 12.7. The fraction of sp³-hybridized carbons (Fsp3) is 0.571. The number of nitrogens with zero attached hydrogens (tertiary/aromatic N) is 1. The predicted molar refractivity (Wildman–Crippen MR) is 76.0 cm³/mol. The first-order valence-electron chi connectivity index (χ1n) is 6.60. The molecule has 1 aliphatic rings. The minimum absolute atomic E-state index is 0. The fourth-order valence-corrected chi connectivity index (χ4v) is 2.49. The molecule has 1 aromatic carbocycles. The van der Waals surface area contributed by atoms with Crippen LogP contribution in [0.25, 0.3) is 0 Å². The average molecular weight is 327 g/mol. The molecule has 1 N–H and O–H groups in total. The molecule has 0 aromatic heterocycles. The molecule has 1 saturated heterocycles. The van der Waals surface area contributed by atoms with Crippen molar-refractivity contribution >= 4 is 12.4 Å². The van der Waals surface area contributed by atoms with Gasteiger partial charge in [0.05, 0.1) is 5.56 Å². The van der Waals surface area contributed by atoms with Crippen LogP contribution in [0.5, 0.6) is 0 Å². The Balaban J connectivity index is 0.00000220. The van der Waals surface area contributed by atoms with Crippen molar-refractivity contribution in [3.05, 3.63) is 35.1 Å².